The van der Waals surface area contributed by atoms with E-state index in [4.69, 9.17) is 0 Å². The van der Waals surface area contributed by atoms with E-state index < -0.39 is 0 Å². The third kappa shape index (κ3) is 4.62. The summed E-state index contributed by atoms with van der Waals surface area (Å²) in [7, 11) is 0. The summed E-state index contributed by atoms with van der Waals surface area (Å²) in [5.74, 6) is 0.113. The summed E-state index contributed by atoms with van der Waals surface area (Å²) < 4.78 is 13.5. The van der Waals surface area contributed by atoms with Crippen molar-refractivity contribution in [2.45, 2.75) is 32.9 Å². The van der Waals surface area contributed by atoms with Crippen LogP contribution in [0.1, 0.15) is 32.4 Å². The molecule has 0 saturated carbocycles. The molecule has 2 unspecified atom stereocenters. The Labute approximate surface area is 109 Å². The maximum atomic E-state index is 13.5. The van der Waals surface area contributed by atoms with Gasteiger partial charge in [-0.2, -0.15) is 0 Å². The predicted molar refractivity (Wildman–Crippen MR) is 70.9 cm³/mol. The largest absolute Gasteiger partial charge is 0.395 e. The van der Waals surface area contributed by atoms with Crippen molar-refractivity contribution in [1.29, 1.82) is 0 Å². The zero-order valence-electron chi connectivity index (χ0n) is 10.5. The van der Waals surface area contributed by atoms with Crippen LogP contribution in [0.5, 0.6) is 0 Å². The number of halogens is 2. The molecule has 0 heterocycles. The van der Waals surface area contributed by atoms with Gasteiger partial charge in [-0.15, -0.1) is 12.4 Å². The quantitative estimate of drug-likeness (QED) is 0.854. The molecule has 0 aliphatic heterocycles. The normalized spacial score (nSPS) is 14.2. The number of hydrogen-bond donors (Lipinski definition) is 2. The van der Waals surface area contributed by atoms with E-state index in [0.29, 0.717) is 11.5 Å². The Morgan fingerprint density at radius 3 is 2.29 bits per heavy atom. The van der Waals surface area contributed by atoms with E-state index in [9.17, 15) is 9.50 Å². The van der Waals surface area contributed by atoms with Gasteiger partial charge in [-0.05, 0) is 18.9 Å². The molecule has 4 heteroatoms. The lowest BCUT2D eigenvalue weighted by Crippen LogP contribution is -2.38. The predicted octanol–water partition coefficient (Wildman–Crippen LogP) is 2.92. The number of nitrogens with one attached hydrogen (secondary N) is 1. The summed E-state index contributed by atoms with van der Waals surface area (Å²) in [6.45, 7) is 6.03. The van der Waals surface area contributed by atoms with Crippen molar-refractivity contribution < 1.29 is 9.50 Å². The molecule has 2 nitrogen and oxygen atoms in total. The second-order valence-corrected chi connectivity index (χ2v) is 4.44. The van der Waals surface area contributed by atoms with E-state index in [0.717, 1.165) is 0 Å². The number of rotatable bonds is 5. The topological polar surface area (TPSA) is 32.3 Å². The monoisotopic (exact) mass is 261 g/mol. The fraction of sp³-hybridized carbons (Fsp3) is 0.538. The number of hydrogen-bond acceptors (Lipinski definition) is 2. The van der Waals surface area contributed by atoms with Crippen LogP contribution in [0, 0.1) is 11.7 Å². The first kappa shape index (κ1) is 16.4. The number of benzene rings is 1. The van der Waals surface area contributed by atoms with Gasteiger partial charge in [-0.3, -0.25) is 0 Å². The third-order valence-electron chi connectivity index (χ3n) is 2.84. The molecule has 0 aliphatic carbocycles. The van der Waals surface area contributed by atoms with E-state index in [1.54, 1.807) is 12.1 Å². The minimum atomic E-state index is -0.206. The van der Waals surface area contributed by atoms with Gasteiger partial charge in [-0.25, -0.2) is 4.39 Å². The molecule has 2 atom stereocenters. The molecule has 1 rings (SSSR count). The molecule has 0 aliphatic rings. The van der Waals surface area contributed by atoms with E-state index in [1.165, 1.54) is 6.07 Å². The third-order valence-corrected chi connectivity index (χ3v) is 2.84. The molecule has 1 aromatic carbocycles. The number of aliphatic hydroxyl groups excluding tert-OH is 1. The second-order valence-electron chi connectivity index (χ2n) is 4.44. The first-order valence-electron chi connectivity index (χ1n) is 5.67. The molecule has 98 valence electrons. The molecular formula is C13H21ClFNO. The molecule has 0 bridgehead atoms. The molecular weight excluding hydrogens is 241 g/mol. The Morgan fingerprint density at radius 1 is 1.24 bits per heavy atom. The SMILES string of the molecule is CC(NC(CO)C(C)C)c1ccccc1F.Cl. The smallest absolute Gasteiger partial charge is 0.127 e. The van der Waals surface area contributed by atoms with Crippen molar-refractivity contribution in [3.05, 3.63) is 35.6 Å². The average Bonchev–Trinajstić information content (AvgIpc) is 2.25. The van der Waals surface area contributed by atoms with E-state index in [1.807, 2.05) is 26.8 Å². The molecule has 0 radical (unpaired) electrons. The standard InChI is InChI=1S/C13H20FNO.ClH/c1-9(2)13(8-16)15-10(3)11-6-4-5-7-12(11)14;/h4-7,9-10,13,15-16H,8H2,1-3H3;1H. The van der Waals surface area contributed by atoms with Gasteiger partial charge < -0.3 is 10.4 Å². The first-order valence-corrected chi connectivity index (χ1v) is 5.67. The van der Waals surface area contributed by atoms with Crippen molar-refractivity contribution in [3.8, 4) is 0 Å². The Balaban J connectivity index is 0.00000256. The van der Waals surface area contributed by atoms with Crippen LogP contribution in [0.15, 0.2) is 24.3 Å². The summed E-state index contributed by atoms with van der Waals surface area (Å²) in [6.07, 6.45) is 0. The van der Waals surface area contributed by atoms with E-state index in [2.05, 4.69) is 5.32 Å². The molecule has 17 heavy (non-hydrogen) atoms. The summed E-state index contributed by atoms with van der Waals surface area (Å²) in [5, 5.41) is 12.4. The summed E-state index contributed by atoms with van der Waals surface area (Å²) >= 11 is 0. The molecule has 0 fully saturated rings. The van der Waals surface area contributed by atoms with E-state index in [-0.39, 0.29) is 36.9 Å². The van der Waals surface area contributed by atoms with Crippen molar-refractivity contribution >= 4 is 12.4 Å². The van der Waals surface area contributed by atoms with Gasteiger partial charge in [0.1, 0.15) is 5.82 Å². The highest BCUT2D eigenvalue weighted by atomic mass is 35.5. The van der Waals surface area contributed by atoms with Gasteiger partial charge in [0.15, 0.2) is 0 Å². The molecule has 0 amide bonds. The van der Waals surface area contributed by atoms with Crippen molar-refractivity contribution in [3.63, 3.8) is 0 Å². The molecule has 2 N–H and O–H groups in total. The van der Waals surface area contributed by atoms with Crippen molar-refractivity contribution in [1.82, 2.24) is 5.32 Å². The minimum Gasteiger partial charge on any atom is -0.395 e. The van der Waals surface area contributed by atoms with Crippen LogP contribution in [-0.2, 0) is 0 Å². The lowest BCUT2D eigenvalue weighted by molar-refractivity contribution is 0.200. The summed E-state index contributed by atoms with van der Waals surface area (Å²) in [5.41, 5.74) is 0.640. The van der Waals surface area contributed by atoms with Crippen LogP contribution in [0.2, 0.25) is 0 Å². The van der Waals surface area contributed by atoms with Gasteiger partial charge in [0.2, 0.25) is 0 Å². The number of aliphatic hydroxyl groups is 1. The molecule has 1 aromatic rings. The maximum Gasteiger partial charge on any atom is 0.127 e. The molecule has 0 aromatic heterocycles. The fourth-order valence-electron chi connectivity index (χ4n) is 1.69. The van der Waals surface area contributed by atoms with Gasteiger partial charge in [0, 0.05) is 17.6 Å². The van der Waals surface area contributed by atoms with Crippen molar-refractivity contribution in [2.24, 2.45) is 5.92 Å². The average molecular weight is 262 g/mol. The highest BCUT2D eigenvalue weighted by Gasteiger charge is 2.17. The Kier molecular flexibility index (Phi) is 7.35. The Hall–Kier alpha value is -0.640. The van der Waals surface area contributed by atoms with Gasteiger partial charge in [0.05, 0.1) is 6.61 Å². The highest BCUT2D eigenvalue weighted by molar-refractivity contribution is 5.85. The maximum absolute atomic E-state index is 13.5. The van der Waals surface area contributed by atoms with Crippen LogP contribution in [0.3, 0.4) is 0 Å². The van der Waals surface area contributed by atoms with Crippen LogP contribution in [-0.4, -0.2) is 17.8 Å². The van der Waals surface area contributed by atoms with Crippen LogP contribution in [0.4, 0.5) is 4.39 Å². The lowest BCUT2D eigenvalue weighted by Gasteiger charge is -2.25. The van der Waals surface area contributed by atoms with Gasteiger partial charge >= 0.3 is 0 Å². The Morgan fingerprint density at radius 2 is 1.82 bits per heavy atom. The first-order chi connectivity index (χ1) is 7.56. The molecule has 0 saturated heterocycles. The second kappa shape index (κ2) is 7.64. The lowest BCUT2D eigenvalue weighted by atomic mass is 10.0. The van der Waals surface area contributed by atoms with Gasteiger partial charge in [0.25, 0.3) is 0 Å². The van der Waals surface area contributed by atoms with Crippen molar-refractivity contribution in [2.75, 3.05) is 6.61 Å². The van der Waals surface area contributed by atoms with Crippen LogP contribution < -0.4 is 5.32 Å². The summed E-state index contributed by atoms with van der Waals surface area (Å²) in [6, 6.07) is 6.62. The summed E-state index contributed by atoms with van der Waals surface area (Å²) in [4.78, 5) is 0. The van der Waals surface area contributed by atoms with Crippen LogP contribution in [0.25, 0.3) is 0 Å². The Bertz CT molecular complexity index is 333. The van der Waals surface area contributed by atoms with Gasteiger partial charge in [-0.1, -0.05) is 32.0 Å². The highest BCUT2D eigenvalue weighted by Crippen LogP contribution is 2.17. The fourth-order valence-corrected chi connectivity index (χ4v) is 1.69. The minimum absolute atomic E-state index is 0. The van der Waals surface area contributed by atoms with E-state index >= 15 is 0 Å². The zero-order valence-corrected chi connectivity index (χ0v) is 11.3. The van der Waals surface area contributed by atoms with Crippen LogP contribution >= 0.6 is 12.4 Å². The molecule has 0 spiro atoms. The zero-order chi connectivity index (χ0) is 12.1.